The van der Waals surface area contributed by atoms with E-state index in [1.807, 2.05) is 53.8 Å². The molecule has 2 aromatic carbocycles. The SMILES string of the molecule is CCOc1cc(C(=O)NC(C)c2ccc(-n3ccnc3)cc2)ccc1OCC(=O)N1CCCCC1. The van der Waals surface area contributed by atoms with Crippen LogP contribution in [0.5, 0.6) is 11.5 Å². The smallest absolute Gasteiger partial charge is 0.260 e. The summed E-state index contributed by atoms with van der Waals surface area (Å²) >= 11 is 0. The molecule has 1 saturated heterocycles. The molecule has 0 saturated carbocycles. The van der Waals surface area contributed by atoms with Crippen molar-refractivity contribution in [1.82, 2.24) is 19.8 Å². The van der Waals surface area contributed by atoms with Gasteiger partial charge in [-0.3, -0.25) is 9.59 Å². The van der Waals surface area contributed by atoms with Crippen LogP contribution in [-0.4, -0.2) is 52.6 Å². The van der Waals surface area contributed by atoms with E-state index in [0.717, 1.165) is 43.6 Å². The lowest BCUT2D eigenvalue weighted by atomic mass is 10.1. The molecule has 1 aliphatic heterocycles. The molecule has 4 rings (SSSR count). The van der Waals surface area contributed by atoms with Crippen LogP contribution >= 0.6 is 0 Å². The maximum Gasteiger partial charge on any atom is 0.260 e. The summed E-state index contributed by atoms with van der Waals surface area (Å²) in [5, 5.41) is 3.03. The van der Waals surface area contributed by atoms with Crippen LogP contribution in [0.2, 0.25) is 0 Å². The van der Waals surface area contributed by atoms with E-state index in [1.54, 1.807) is 30.7 Å². The van der Waals surface area contributed by atoms with Gasteiger partial charge in [-0.15, -0.1) is 0 Å². The molecule has 0 spiro atoms. The molecule has 0 bridgehead atoms. The Morgan fingerprint density at radius 3 is 2.49 bits per heavy atom. The van der Waals surface area contributed by atoms with Gasteiger partial charge in [-0.05, 0) is 69.0 Å². The highest BCUT2D eigenvalue weighted by Gasteiger charge is 2.19. The first kappa shape index (κ1) is 24.3. The number of hydrogen-bond acceptors (Lipinski definition) is 5. The molecule has 0 aliphatic carbocycles. The molecule has 8 heteroatoms. The monoisotopic (exact) mass is 476 g/mol. The van der Waals surface area contributed by atoms with Crippen molar-refractivity contribution >= 4 is 11.8 Å². The fourth-order valence-corrected chi connectivity index (χ4v) is 4.12. The molecule has 35 heavy (non-hydrogen) atoms. The minimum atomic E-state index is -0.215. The molecule has 1 unspecified atom stereocenters. The van der Waals surface area contributed by atoms with Crippen LogP contribution in [0.1, 0.15) is 55.1 Å². The number of carbonyl (C=O) groups excluding carboxylic acids is 2. The maximum atomic E-state index is 12.9. The second kappa shape index (κ2) is 11.6. The number of nitrogens with one attached hydrogen (secondary N) is 1. The molecular formula is C27H32N4O4. The number of imidazole rings is 1. The highest BCUT2D eigenvalue weighted by Crippen LogP contribution is 2.29. The largest absolute Gasteiger partial charge is 0.490 e. The molecule has 0 radical (unpaired) electrons. The lowest BCUT2D eigenvalue weighted by Gasteiger charge is -2.26. The van der Waals surface area contributed by atoms with Crippen molar-refractivity contribution in [3.8, 4) is 17.2 Å². The molecule has 1 atom stereocenters. The molecule has 1 N–H and O–H groups in total. The van der Waals surface area contributed by atoms with Crippen molar-refractivity contribution in [2.75, 3.05) is 26.3 Å². The van der Waals surface area contributed by atoms with Crippen molar-refractivity contribution < 1.29 is 19.1 Å². The lowest BCUT2D eigenvalue weighted by molar-refractivity contribution is -0.134. The Hall–Kier alpha value is -3.81. The summed E-state index contributed by atoms with van der Waals surface area (Å²) in [6, 6.07) is 12.8. The van der Waals surface area contributed by atoms with Gasteiger partial charge < -0.3 is 24.3 Å². The molecule has 1 fully saturated rings. The van der Waals surface area contributed by atoms with Gasteiger partial charge in [0, 0.05) is 36.7 Å². The maximum absolute atomic E-state index is 12.9. The number of rotatable bonds is 9. The van der Waals surface area contributed by atoms with E-state index in [1.165, 1.54) is 0 Å². The van der Waals surface area contributed by atoms with E-state index >= 15 is 0 Å². The van der Waals surface area contributed by atoms with Gasteiger partial charge in [0.1, 0.15) is 0 Å². The minimum Gasteiger partial charge on any atom is -0.490 e. The van der Waals surface area contributed by atoms with E-state index in [-0.39, 0.29) is 24.5 Å². The molecule has 2 amide bonds. The zero-order valence-corrected chi connectivity index (χ0v) is 20.3. The zero-order valence-electron chi connectivity index (χ0n) is 20.3. The Morgan fingerprint density at radius 1 is 1.03 bits per heavy atom. The molecular weight excluding hydrogens is 444 g/mol. The first-order chi connectivity index (χ1) is 17.0. The predicted octanol–water partition coefficient (Wildman–Crippen LogP) is 4.15. The summed E-state index contributed by atoms with van der Waals surface area (Å²) in [6.45, 7) is 5.75. The quantitative estimate of drug-likeness (QED) is 0.501. The van der Waals surface area contributed by atoms with E-state index in [0.29, 0.717) is 23.7 Å². The number of likely N-dealkylation sites (tertiary alicyclic amines) is 1. The fraction of sp³-hybridized carbons (Fsp3) is 0.370. The molecule has 8 nitrogen and oxygen atoms in total. The van der Waals surface area contributed by atoms with Crippen LogP contribution in [0.4, 0.5) is 0 Å². The topological polar surface area (TPSA) is 85.7 Å². The minimum absolute atomic E-state index is 0.0261. The summed E-state index contributed by atoms with van der Waals surface area (Å²) in [4.78, 5) is 31.3. The predicted molar refractivity (Wildman–Crippen MR) is 133 cm³/mol. The van der Waals surface area contributed by atoms with Gasteiger partial charge in [0.05, 0.1) is 19.0 Å². The standard InChI is InChI=1S/C27H32N4O4/c1-3-34-25-17-22(9-12-24(25)35-18-26(32)30-14-5-4-6-15-30)27(33)29-20(2)21-7-10-23(11-8-21)31-16-13-28-19-31/h7-13,16-17,19-20H,3-6,14-15,18H2,1-2H3,(H,29,33). The Labute approximate surface area is 205 Å². The molecule has 2 heterocycles. The number of benzene rings is 2. The van der Waals surface area contributed by atoms with Crippen LogP contribution in [0, 0.1) is 0 Å². The van der Waals surface area contributed by atoms with E-state index in [9.17, 15) is 9.59 Å². The third kappa shape index (κ3) is 6.20. The Bertz CT molecular complexity index is 1120. The van der Waals surface area contributed by atoms with E-state index in [4.69, 9.17) is 9.47 Å². The van der Waals surface area contributed by atoms with Gasteiger partial charge in [0.25, 0.3) is 11.8 Å². The second-order valence-electron chi connectivity index (χ2n) is 8.58. The lowest BCUT2D eigenvalue weighted by Crippen LogP contribution is -2.38. The third-order valence-electron chi connectivity index (χ3n) is 6.11. The van der Waals surface area contributed by atoms with Gasteiger partial charge in [-0.25, -0.2) is 4.98 Å². The van der Waals surface area contributed by atoms with Crippen molar-refractivity contribution in [2.45, 2.75) is 39.2 Å². The number of piperidine rings is 1. The van der Waals surface area contributed by atoms with Gasteiger partial charge in [0.2, 0.25) is 0 Å². The second-order valence-corrected chi connectivity index (χ2v) is 8.58. The van der Waals surface area contributed by atoms with Crippen molar-refractivity contribution in [2.24, 2.45) is 0 Å². The average molecular weight is 477 g/mol. The number of carbonyl (C=O) groups is 2. The number of nitrogens with zero attached hydrogens (tertiary/aromatic N) is 3. The summed E-state index contributed by atoms with van der Waals surface area (Å²) in [5.41, 5.74) is 2.45. The van der Waals surface area contributed by atoms with Gasteiger partial charge >= 0.3 is 0 Å². The zero-order chi connectivity index (χ0) is 24.6. The van der Waals surface area contributed by atoms with Crippen LogP contribution < -0.4 is 14.8 Å². The fourth-order valence-electron chi connectivity index (χ4n) is 4.12. The summed E-state index contributed by atoms with van der Waals surface area (Å²) in [7, 11) is 0. The van der Waals surface area contributed by atoms with Crippen LogP contribution in [0.25, 0.3) is 5.69 Å². The highest BCUT2D eigenvalue weighted by atomic mass is 16.5. The van der Waals surface area contributed by atoms with Crippen LogP contribution in [-0.2, 0) is 4.79 Å². The number of aromatic nitrogens is 2. The highest BCUT2D eigenvalue weighted by molar-refractivity contribution is 5.95. The van der Waals surface area contributed by atoms with Crippen molar-refractivity contribution in [3.05, 3.63) is 72.3 Å². The number of ether oxygens (including phenoxy) is 2. The average Bonchev–Trinajstić information content (AvgIpc) is 3.43. The normalized spacial score (nSPS) is 14.3. The van der Waals surface area contributed by atoms with Crippen molar-refractivity contribution in [3.63, 3.8) is 0 Å². The summed E-state index contributed by atoms with van der Waals surface area (Å²) in [6.07, 6.45) is 8.59. The Kier molecular flexibility index (Phi) is 8.03. The van der Waals surface area contributed by atoms with Crippen LogP contribution in [0.15, 0.2) is 61.2 Å². The third-order valence-corrected chi connectivity index (χ3v) is 6.11. The van der Waals surface area contributed by atoms with Gasteiger partial charge in [-0.2, -0.15) is 0 Å². The molecule has 3 aromatic rings. The molecule has 1 aliphatic rings. The molecule has 184 valence electrons. The Morgan fingerprint density at radius 2 is 1.80 bits per heavy atom. The summed E-state index contributed by atoms with van der Waals surface area (Å²) in [5.74, 6) is 0.663. The number of amides is 2. The van der Waals surface area contributed by atoms with E-state index < -0.39 is 0 Å². The first-order valence-corrected chi connectivity index (χ1v) is 12.1. The van der Waals surface area contributed by atoms with Crippen molar-refractivity contribution in [1.29, 1.82) is 0 Å². The Balaban J connectivity index is 1.38. The van der Waals surface area contributed by atoms with Crippen LogP contribution in [0.3, 0.4) is 0 Å². The van der Waals surface area contributed by atoms with Gasteiger partial charge in [0.15, 0.2) is 18.1 Å². The summed E-state index contributed by atoms with van der Waals surface area (Å²) < 4.78 is 13.4. The van der Waals surface area contributed by atoms with E-state index in [2.05, 4.69) is 10.3 Å². The number of hydrogen-bond donors (Lipinski definition) is 1. The first-order valence-electron chi connectivity index (χ1n) is 12.1. The van der Waals surface area contributed by atoms with Gasteiger partial charge in [-0.1, -0.05) is 12.1 Å². The molecule has 1 aromatic heterocycles.